The lowest BCUT2D eigenvalue weighted by Gasteiger charge is -2.09. The van der Waals surface area contributed by atoms with Gasteiger partial charge in [0.05, 0.1) is 17.6 Å². The molecule has 0 fully saturated rings. The van der Waals surface area contributed by atoms with Crippen molar-refractivity contribution in [3.63, 3.8) is 0 Å². The minimum Gasteiger partial charge on any atom is -0.396 e. The van der Waals surface area contributed by atoms with Gasteiger partial charge in [-0.25, -0.2) is 18.4 Å². The van der Waals surface area contributed by atoms with Gasteiger partial charge in [-0.1, -0.05) is 20.8 Å². The van der Waals surface area contributed by atoms with Gasteiger partial charge in [-0.3, -0.25) is 4.79 Å². The van der Waals surface area contributed by atoms with Crippen molar-refractivity contribution < 1.29 is 13.2 Å². The first kappa shape index (κ1) is 16.4. The van der Waals surface area contributed by atoms with E-state index in [1.165, 1.54) is 6.20 Å². The van der Waals surface area contributed by atoms with E-state index in [-0.39, 0.29) is 35.3 Å². The summed E-state index contributed by atoms with van der Waals surface area (Å²) in [4.78, 5) is 20.1. The monoisotopic (exact) mass is 300 g/mol. The highest BCUT2D eigenvalue weighted by molar-refractivity contribution is 7.91. The quantitative estimate of drug-likeness (QED) is 0.783. The number of carbonyl (C=O) groups excluding carboxylic acids is 1. The number of nitrogens with zero attached hydrogens (tertiary/aromatic N) is 2. The number of carbonyl (C=O) groups is 1. The number of hydrogen-bond acceptors (Lipinski definition) is 6. The molecule has 0 aliphatic rings. The minimum absolute atomic E-state index is 0.0372. The van der Waals surface area contributed by atoms with E-state index in [9.17, 15) is 13.2 Å². The molecule has 0 saturated heterocycles. The van der Waals surface area contributed by atoms with Crippen molar-refractivity contribution in [1.82, 2.24) is 15.3 Å². The van der Waals surface area contributed by atoms with Gasteiger partial charge in [-0.05, 0) is 0 Å². The third-order valence-electron chi connectivity index (χ3n) is 2.71. The standard InChI is InChI=1S/C12H20N4O3S/c1-4-20(18,19)6-5-14-12(17)10-9(13)7-15-11(16-10)8(2)3/h7-8H,4-6,13H2,1-3H3,(H,14,17). The Kier molecular flexibility index (Phi) is 5.43. The zero-order chi connectivity index (χ0) is 15.3. The predicted octanol–water partition coefficient (Wildman–Crippen LogP) is 0.347. The number of hydrogen-bond donors (Lipinski definition) is 2. The van der Waals surface area contributed by atoms with Crippen LogP contribution < -0.4 is 11.1 Å². The van der Waals surface area contributed by atoms with Crippen LogP contribution in [-0.2, 0) is 9.84 Å². The van der Waals surface area contributed by atoms with Crippen molar-refractivity contribution in [2.45, 2.75) is 26.7 Å². The molecule has 0 bridgehead atoms. The molecule has 1 aromatic heterocycles. The maximum atomic E-state index is 11.9. The first-order valence-corrected chi connectivity index (χ1v) is 8.20. The lowest BCUT2D eigenvalue weighted by atomic mass is 10.2. The van der Waals surface area contributed by atoms with E-state index in [0.717, 1.165) is 0 Å². The van der Waals surface area contributed by atoms with Crippen molar-refractivity contribution in [3.8, 4) is 0 Å². The van der Waals surface area contributed by atoms with Crippen LogP contribution in [0.1, 0.15) is 43.0 Å². The van der Waals surface area contributed by atoms with E-state index < -0.39 is 15.7 Å². The highest BCUT2D eigenvalue weighted by atomic mass is 32.2. The first-order chi connectivity index (χ1) is 9.26. The molecule has 1 aromatic rings. The fourth-order valence-electron chi connectivity index (χ4n) is 1.41. The molecule has 0 spiro atoms. The van der Waals surface area contributed by atoms with E-state index >= 15 is 0 Å². The summed E-state index contributed by atoms with van der Waals surface area (Å²) in [6, 6.07) is 0. The molecule has 0 saturated carbocycles. The summed E-state index contributed by atoms with van der Waals surface area (Å²) in [5.41, 5.74) is 5.92. The van der Waals surface area contributed by atoms with Gasteiger partial charge in [0.25, 0.3) is 5.91 Å². The lowest BCUT2D eigenvalue weighted by molar-refractivity contribution is 0.0951. The van der Waals surface area contributed by atoms with Crippen LogP contribution in [0, 0.1) is 0 Å². The number of rotatable bonds is 6. The van der Waals surface area contributed by atoms with Crippen LogP contribution in [0.25, 0.3) is 0 Å². The van der Waals surface area contributed by atoms with Crippen molar-refractivity contribution in [3.05, 3.63) is 17.7 Å². The van der Waals surface area contributed by atoms with E-state index in [1.807, 2.05) is 13.8 Å². The number of amides is 1. The van der Waals surface area contributed by atoms with Gasteiger partial charge in [0, 0.05) is 18.2 Å². The Morgan fingerprint density at radius 1 is 1.45 bits per heavy atom. The first-order valence-electron chi connectivity index (χ1n) is 6.38. The maximum absolute atomic E-state index is 11.9. The number of nitrogens with one attached hydrogen (secondary N) is 1. The third kappa shape index (κ3) is 4.44. The molecule has 0 aliphatic carbocycles. The molecule has 1 rings (SSSR count). The second kappa shape index (κ2) is 6.65. The fourth-order valence-corrected chi connectivity index (χ4v) is 2.11. The fraction of sp³-hybridized carbons (Fsp3) is 0.583. The molecule has 1 amide bonds. The highest BCUT2D eigenvalue weighted by Gasteiger charge is 2.15. The van der Waals surface area contributed by atoms with E-state index in [0.29, 0.717) is 5.82 Å². The van der Waals surface area contributed by atoms with E-state index in [1.54, 1.807) is 6.92 Å². The Bertz CT molecular complexity index is 584. The number of nitrogens with two attached hydrogens (primary N) is 1. The second-order valence-corrected chi connectivity index (χ2v) is 7.15. The van der Waals surface area contributed by atoms with Crippen molar-refractivity contribution in [2.24, 2.45) is 0 Å². The molecule has 0 atom stereocenters. The summed E-state index contributed by atoms with van der Waals surface area (Å²) in [5.74, 6) is 0.0547. The van der Waals surface area contributed by atoms with Crippen LogP contribution in [0.5, 0.6) is 0 Å². The van der Waals surface area contributed by atoms with Crippen LogP contribution in [-0.4, -0.2) is 42.3 Å². The zero-order valence-corrected chi connectivity index (χ0v) is 12.7. The molecular weight excluding hydrogens is 280 g/mol. The molecule has 0 unspecified atom stereocenters. The molecule has 0 aromatic carbocycles. The van der Waals surface area contributed by atoms with Crippen molar-refractivity contribution in [2.75, 3.05) is 23.8 Å². The smallest absolute Gasteiger partial charge is 0.272 e. The Morgan fingerprint density at radius 2 is 2.10 bits per heavy atom. The summed E-state index contributed by atoms with van der Waals surface area (Å²) in [7, 11) is -3.11. The van der Waals surface area contributed by atoms with Crippen LogP contribution >= 0.6 is 0 Å². The number of aromatic nitrogens is 2. The van der Waals surface area contributed by atoms with Gasteiger partial charge >= 0.3 is 0 Å². The molecular formula is C12H20N4O3S. The van der Waals surface area contributed by atoms with Crippen molar-refractivity contribution in [1.29, 1.82) is 0 Å². The van der Waals surface area contributed by atoms with Crippen LogP contribution in [0.2, 0.25) is 0 Å². The SMILES string of the molecule is CCS(=O)(=O)CCNC(=O)c1nc(C(C)C)ncc1N. The number of anilines is 1. The normalized spacial score (nSPS) is 11.6. The van der Waals surface area contributed by atoms with Crippen LogP contribution in [0.3, 0.4) is 0 Å². The number of sulfone groups is 1. The molecule has 3 N–H and O–H groups in total. The lowest BCUT2D eigenvalue weighted by Crippen LogP contribution is -2.31. The molecule has 0 aliphatic heterocycles. The van der Waals surface area contributed by atoms with Gasteiger partial charge in [0.1, 0.15) is 5.82 Å². The Morgan fingerprint density at radius 3 is 2.65 bits per heavy atom. The number of nitrogen functional groups attached to an aromatic ring is 1. The minimum atomic E-state index is -3.11. The van der Waals surface area contributed by atoms with Gasteiger partial charge in [-0.15, -0.1) is 0 Å². The summed E-state index contributed by atoms with van der Waals surface area (Å²) < 4.78 is 22.7. The summed E-state index contributed by atoms with van der Waals surface area (Å²) >= 11 is 0. The molecule has 0 radical (unpaired) electrons. The molecule has 20 heavy (non-hydrogen) atoms. The molecule has 7 nitrogen and oxygen atoms in total. The second-order valence-electron chi connectivity index (χ2n) is 4.68. The Balaban J connectivity index is 2.75. The maximum Gasteiger partial charge on any atom is 0.272 e. The topological polar surface area (TPSA) is 115 Å². The summed E-state index contributed by atoms with van der Waals surface area (Å²) in [5, 5.41) is 2.51. The Labute approximate surface area is 118 Å². The van der Waals surface area contributed by atoms with Crippen LogP contribution in [0.4, 0.5) is 5.69 Å². The third-order valence-corrected chi connectivity index (χ3v) is 4.41. The van der Waals surface area contributed by atoms with Gasteiger partial charge in [-0.2, -0.15) is 0 Å². The molecule has 112 valence electrons. The van der Waals surface area contributed by atoms with Gasteiger partial charge < -0.3 is 11.1 Å². The van der Waals surface area contributed by atoms with Gasteiger partial charge in [0.15, 0.2) is 15.5 Å². The largest absolute Gasteiger partial charge is 0.396 e. The molecule has 1 heterocycles. The Hall–Kier alpha value is -1.70. The average Bonchev–Trinajstić information content (AvgIpc) is 2.38. The highest BCUT2D eigenvalue weighted by Crippen LogP contribution is 2.13. The zero-order valence-electron chi connectivity index (χ0n) is 11.9. The molecule has 8 heteroatoms. The summed E-state index contributed by atoms with van der Waals surface area (Å²) in [6.07, 6.45) is 1.39. The average molecular weight is 300 g/mol. The van der Waals surface area contributed by atoms with Crippen LogP contribution in [0.15, 0.2) is 6.20 Å². The van der Waals surface area contributed by atoms with E-state index in [2.05, 4.69) is 15.3 Å². The van der Waals surface area contributed by atoms with E-state index in [4.69, 9.17) is 5.73 Å². The van der Waals surface area contributed by atoms with Crippen molar-refractivity contribution >= 4 is 21.4 Å². The van der Waals surface area contributed by atoms with Gasteiger partial charge in [0.2, 0.25) is 0 Å². The predicted molar refractivity (Wildman–Crippen MR) is 77.2 cm³/mol. The summed E-state index contributed by atoms with van der Waals surface area (Å²) in [6.45, 7) is 5.41.